The van der Waals surface area contributed by atoms with E-state index >= 15 is 0 Å². The van der Waals surface area contributed by atoms with E-state index < -0.39 is 152 Å². The summed E-state index contributed by atoms with van der Waals surface area (Å²) in [6.07, 6.45) is 1.80. The van der Waals surface area contributed by atoms with Crippen LogP contribution in [0, 0.1) is 0 Å². The normalized spacial score (nSPS) is 43.3. The molecule has 0 N–H and O–H groups in total. The van der Waals surface area contributed by atoms with Gasteiger partial charge in [0.05, 0.1) is 61.8 Å². The molecule has 32 nitrogen and oxygen atoms in total. The van der Waals surface area contributed by atoms with Crippen molar-refractivity contribution in [1.82, 2.24) is 0 Å². The van der Waals surface area contributed by atoms with Gasteiger partial charge in [-0.3, -0.25) is 0 Å². The summed E-state index contributed by atoms with van der Waals surface area (Å²) in [5.74, 6) is -3.90. The van der Waals surface area contributed by atoms with Gasteiger partial charge in [0.1, 0.15) is 67.7 Å². The number of fused-ring (bicyclic) bond motifs is 4. The molecule has 6 aliphatic heterocycles. The maximum Gasteiger partial charge on any atom is 0.169 e. The third kappa shape index (κ3) is 11.3. The maximum atomic E-state index is 10.4. The zero-order chi connectivity index (χ0) is 55.6. The molecule has 12 aliphatic rings. The maximum absolute atomic E-state index is 10.4. The molecular weight excluding hydrogens is 1060 g/mol. The zero-order valence-electron chi connectivity index (χ0n) is 45.0. The first-order valence-electron chi connectivity index (χ1n) is 29.1. The highest BCUT2D eigenvalue weighted by Gasteiger charge is 2.63. The van der Waals surface area contributed by atoms with Gasteiger partial charge in [0.2, 0.25) is 0 Å². The predicted molar refractivity (Wildman–Crippen MR) is 273 cm³/mol. The van der Waals surface area contributed by atoms with Crippen molar-refractivity contribution in [3.05, 3.63) is 62.7 Å². The standard InChI is InChI=1S/C49H70N18O14/c50-62-56-26-21-28(58-64-52)36-42(80-48(76-36)17-9-3-10-18-48)34(26)74-44-32(60-66-54)40(38-30(72-44)23-70-46(78-38)13-5-1-6-14-46)68-25-69-41-33(61-67-55)45(73-31-24-71-47(79-39(31)41)15-7-2-8-16-47)75-35-27(57-63-51)22-29(59-65-53)37-43(35)81-49(77-37)19-11-4-12-20-49/h26-45H,1-25H2/t26?,27?,28-,29-,30?,31?,32+,33?,34-,35-,36?,37-,38-,39-,40?,41?,42+,43?,44-,45-/m1/s1. The Morgan fingerprint density at radius 1 is 0.358 bits per heavy atom. The van der Waals surface area contributed by atoms with Crippen LogP contribution in [0.5, 0.6) is 0 Å². The lowest BCUT2D eigenvalue weighted by molar-refractivity contribution is -0.403. The highest BCUT2D eigenvalue weighted by atomic mass is 16.8. The van der Waals surface area contributed by atoms with Gasteiger partial charge in [-0.2, -0.15) is 0 Å². The first-order valence-corrected chi connectivity index (χ1v) is 29.1. The van der Waals surface area contributed by atoms with Gasteiger partial charge in [0, 0.05) is 80.8 Å². The Hall–Kier alpha value is -4.70. The average molecular weight is 1140 g/mol. The summed E-state index contributed by atoms with van der Waals surface area (Å²) in [4.78, 5) is 19.1. The molecule has 9 unspecified atom stereocenters. The number of ether oxygens (including phenoxy) is 14. The number of azide groups is 6. The molecule has 0 aromatic heterocycles. The minimum absolute atomic E-state index is 0.0589. The number of hydrogen-bond donors (Lipinski definition) is 0. The molecule has 6 aliphatic carbocycles. The van der Waals surface area contributed by atoms with Crippen LogP contribution in [-0.4, -0.2) is 165 Å². The van der Waals surface area contributed by atoms with Crippen LogP contribution < -0.4 is 0 Å². The summed E-state index contributed by atoms with van der Waals surface area (Å²) in [6.45, 7) is -0.414. The van der Waals surface area contributed by atoms with Crippen LogP contribution >= 0.6 is 0 Å². The van der Waals surface area contributed by atoms with Crippen LogP contribution in [0.1, 0.15) is 141 Å². The molecule has 6 saturated heterocycles. The lowest BCUT2D eigenvalue weighted by Gasteiger charge is -2.54. The van der Waals surface area contributed by atoms with Gasteiger partial charge in [-0.1, -0.05) is 56.4 Å². The van der Waals surface area contributed by atoms with Crippen molar-refractivity contribution >= 4 is 0 Å². The molecule has 440 valence electrons. The van der Waals surface area contributed by atoms with E-state index in [1.807, 2.05) is 0 Å². The third-order valence-corrected chi connectivity index (χ3v) is 18.9. The highest BCUT2D eigenvalue weighted by molar-refractivity contribution is 5.11. The Labute approximate surface area is 465 Å². The smallest absolute Gasteiger partial charge is 0.169 e. The number of hydrogen-bond acceptors (Lipinski definition) is 20. The summed E-state index contributed by atoms with van der Waals surface area (Å²) in [7, 11) is 0. The fourth-order valence-electron chi connectivity index (χ4n) is 15.1. The van der Waals surface area contributed by atoms with Crippen molar-refractivity contribution in [1.29, 1.82) is 0 Å². The zero-order valence-corrected chi connectivity index (χ0v) is 45.0. The molecule has 0 radical (unpaired) electrons. The van der Waals surface area contributed by atoms with Crippen LogP contribution in [0.2, 0.25) is 0 Å². The van der Waals surface area contributed by atoms with Crippen LogP contribution in [0.4, 0.5) is 0 Å². The summed E-state index contributed by atoms with van der Waals surface area (Å²) in [6, 6.07) is -5.95. The molecule has 4 spiro atoms. The van der Waals surface area contributed by atoms with Gasteiger partial charge in [-0.25, -0.2) is 0 Å². The molecule has 6 heterocycles. The molecule has 32 heteroatoms. The molecule has 0 amide bonds. The number of nitrogens with zero attached hydrogens (tertiary/aromatic N) is 18. The van der Waals surface area contributed by atoms with Crippen molar-refractivity contribution in [3.8, 4) is 0 Å². The van der Waals surface area contributed by atoms with E-state index in [9.17, 15) is 33.2 Å². The summed E-state index contributed by atoms with van der Waals surface area (Å²) in [5, 5.41) is 24.9. The second-order valence-corrected chi connectivity index (χ2v) is 23.6. The Morgan fingerprint density at radius 2 is 0.679 bits per heavy atom. The van der Waals surface area contributed by atoms with Gasteiger partial charge in [-0.15, -0.1) is 0 Å². The minimum atomic E-state index is -1.38. The molecule has 20 atom stereocenters. The van der Waals surface area contributed by atoms with Gasteiger partial charge in [0.25, 0.3) is 0 Å². The van der Waals surface area contributed by atoms with E-state index in [4.69, 9.17) is 66.3 Å². The van der Waals surface area contributed by atoms with E-state index in [-0.39, 0.29) is 26.1 Å². The molecule has 12 rings (SSSR count). The van der Waals surface area contributed by atoms with Gasteiger partial charge >= 0.3 is 0 Å². The SMILES string of the molecule is [N-]=[N+]=NC1C(OCOC2[C@@H]3OC4(CCCCC4)OCC3O[C@H](O[C@@H]3C(N=[N+]=[N-])C[C@@H](N=[N+]=[N-])C4OC5(CCCCC5)O[C@H]43)[C@H]2N=[N+]=[N-])[C@@H]2OC3(CCCCC3)OCC2O[C@@H]1O[C@@H]1C(N=[N+]=[N-])C[C@@H](N=[N+]=[N-])[C@H]2OC3(CCCCC3)OC12. The summed E-state index contributed by atoms with van der Waals surface area (Å²) in [5.41, 5.74) is 59.9. The summed E-state index contributed by atoms with van der Waals surface area (Å²) >= 11 is 0. The monoisotopic (exact) mass is 1130 g/mol. The molecular formula is C49H70N18O14. The topological polar surface area (TPSA) is 422 Å². The third-order valence-electron chi connectivity index (χ3n) is 18.9. The van der Waals surface area contributed by atoms with E-state index in [1.165, 1.54) is 0 Å². The summed E-state index contributed by atoms with van der Waals surface area (Å²) < 4.78 is 94.8. The van der Waals surface area contributed by atoms with Gasteiger partial charge in [0.15, 0.2) is 35.7 Å². The van der Waals surface area contributed by atoms with Crippen molar-refractivity contribution in [2.75, 3.05) is 20.0 Å². The highest BCUT2D eigenvalue weighted by Crippen LogP contribution is 2.51. The predicted octanol–water partition coefficient (Wildman–Crippen LogP) is 9.86. The molecule has 81 heavy (non-hydrogen) atoms. The minimum Gasteiger partial charge on any atom is -0.349 e. The lowest BCUT2D eigenvalue weighted by atomic mass is 9.84. The van der Waals surface area contributed by atoms with Gasteiger partial charge in [-0.05, 0) is 97.4 Å². The largest absolute Gasteiger partial charge is 0.349 e. The Balaban J connectivity index is 0.856. The van der Waals surface area contributed by atoms with Gasteiger partial charge < -0.3 is 66.3 Å². The Morgan fingerprint density at radius 3 is 1.04 bits per heavy atom. The fourth-order valence-corrected chi connectivity index (χ4v) is 15.1. The van der Waals surface area contributed by atoms with Crippen molar-refractivity contribution < 1.29 is 66.3 Å². The second kappa shape index (κ2) is 24.5. The first-order chi connectivity index (χ1) is 39.7. The Kier molecular flexibility index (Phi) is 17.2. The van der Waals surface area contributed by atoms with Crippen LogP contribution in [0.3, 0.4) is 0 Å². The van der Waals surface area contributed by atoms with Crippen LogP contribution in [-0.2, 0) is 66.3 Å². The van der Waals surface area contributed by atoms with E-state index in [2.05, 4.69) is 60.2 Å². The first kappa shape index (κ1) is 56.8. The molecule has 6 saturated carbocycles. The van der Waals surface area contributed by atoms with E-state index in [0.717, 1.165) is 77.0 Å². The average Bonchev–Trinajstić information content (AvgIpc) is 4.22. The van der Waals surface area contributed by atoms with Crippen molar-refractivity contribution in [2.45, 2.75) is 286 Å². The molecule has 0 aromatic carbocycles. The van der Waals surface area contributed by atoms with E-state index in [0.29, 0.717) is 51.4 Å². The lowest BCUT2D eigenvalue weighted by Crippen LogP contribution is -2.68. The van der Waals surface area contributed by atoms with Crippen molar-refractivity contribution in [3.63, 3.8) is 0 Å². The fraction of sp³-hybridized carbons (Fsp3) is 1.00. The van der Waals surface area contributed by atoms with Crippen LogP contribution in [0.25, 0.3) is 62.7 Å². The van der Waals surface area contributed by atoms with Crippen LogP contribution in [0.15, 0.2) is 30.7 Å². The van der Waals surface area contributed by atoms with Crippen molar-refractivity contribution in [2.24, 2.45) is 30.7 Å². The molecule has 12 fully saturated rings. The molecule has 0 aromatic rings. The quantitative estimate of drug-likeness (QED) is 0.0676. The Bertz CT molecular complexity index is 2380. The number of rotatable bonds is 14. The second-order valence-electron chi connectivity index (χ2n) is 23.6. The molecule has 0 bridgehead atoms. The van der Waals surface area contributed by atoms with E-state index in [1.54, 1.807) is 0 Å².